The van der Waals surface area contributed by atoms with Gasteiger partial charge < -0.3 is 5.43 Å². The number of hydrogen-bond acceptors (Lipinski definition) is 2. The Morgan fingerprint density at radius 2 is 1.91 bits per heavy atom. The highest BCUT2D eigenvalue weighted by atomic mass is 15.4. The van der Waals surface area contributed by atoms with Gasteiger partial charge in [-0.25, -0.2) is 5.43 Å². The van der Waals surface area contributed by atoms with E-state index in [1.165, 1.54) is 11.3 Å². The molecule has 0 atom stereocenters. The Kier molecular flexibility index (Phi) is 1.61. The van der Waals surface area contributed by atoms with Crippen LogP contribution in [0, 0.1) is 0 Å². The summed E-state index contributed by atoms with van der Waals surface area (Å²) in [5, 5.41) is 0. The van der Waals surface area contributed by atoms with Gasteiger partial charge in [-0.1, -0.05) is 30.3 Å². The summed E-state index contributed by atoms with van der Waals surface area (Å²) in [6, 6.07) is 10.3. The molecule has 0 saturated carbocycles. The second-order valence-electron chi connectivity index (χ2n) is 2.49. The van der Waals surface area contributed by atoms with Gasteiger partial charge in [0.05, 0.1) is 5.70 Å². The van der Waals surface area contributed by atoms with Crippen LogP contribution in [0.2, 0.25) is 0 Å². The van der Waals surface area contributed by atoms with Crippen molar-refractivity contribution >= 4 is 5.70 Å². The topological polar surface area (TPSA) is 24.1 Å². The molecule has 2 heteroatoms. The van der Waals surface area contributed by atoms with Gasteiger partial charge in [0.2, 0.25) is 0 Å². The summed E-state index contributed by atoms with van der Waals surface area (Å²) in [7, 11) is 0. The van der Waals surface area contributed by atoms with E-state index in [1.54, 1.807) is 0 Å². The van der Waals surface area contributed by atoms with Crippen LogP contribution in [-0.4, -0.2) is 6.54 Å². The van der Waals surface area contributed by atoms with Gasteiger partial charge in [-0.15, -0.1) is 0 Å². The Morgan fingerprint density at radius 3 is 2.55 bits per heavy atom. The third-order valence-corrected chi connectivity index (χ3v) is 1.72. The molecule has 0 unspecified atom stereocenters. The lowest BCUT2D eigenvalue weighted by atomic mass is 10.2. The van der Waals surface area contributed by atoms with E-state index in [-0.39, 0.29) is 0 Å². The average Bonchev–Trinajstić information content (AvgIpc) is 2.58. The van der Waals surface area contributed by atoms with Crippen molar-refractivity contribution in [2.75, 3.05) is 6.54 Å². The minimum atomic E-state index is 0.907. The Labute approximate surface area is 65.9 Å². The van der Waals surface area contributed by atoms with Crippen molar-refractivity contribution in [1.82, 2.24) is 10.9 Å². The van der Waals surface area contributed by atoms with Gasteiger partial charge in [0.1, 0.15) is 0 Å². The number of hydrazine groups is 1. The Morgan fingerprint density at radius 1 is 1.09 bits per heavy atom. The highest BCUT2D eigenvalue weighted by molar-refractivity contribution is 5.64. The van der Waals surface area contributed by atoms with Crippen LogP contribution >= 0.6 is 0 Å². The van der Waals surface area contributed by atoms with Gasteiger partial charge in [-0.2, -0.15) is 0 Å². The van der Waals surface area contributed by atoms with Gasteiger partial charge in [0.25, 0.3) is 0 Å². The predicted molar refractivity (Wildman–Crippen MR) is 45.6 cm³/mol. The maximum atomic E-state index is 3.08. The van der Waals surface area contributed by atoms with Crippen LogP contribution in [0.15, 0.2) is 36.4 Å². The molecular weight excluding hydrogens is 136 g/mol. The predicted octanol–water partition coefficient (Wildman–Crippen LogP) is 1.14. The van der Waals surface area contributed by atoms with Crippen LogP contribution < -0.4 is 10.9 Å². The number of rotatable bonds is 1. The van der Waals surface area contributed by atoms with E-state index in [2.05, 4.69) is 29.1 Å². The molecule has 1 aromatic carbocycles. The van der Waals surface area contributed by atoms with Gasteiger partial charge in [0.15, 0.2) is 0 Å². The van der Waals surface area contributed by atoms with E-state index in [0.717, 1.165) is 6.54 Å². The van der Waals surface area contributed by atoms with Crippen molar-refractivity contribution in [3.05, 3.63) is 42.0 Å². The zero-order valence-electron chi connectivity index (χ0n) is 6.17. The maximum absolute atomic E-state index is 3.08. The van der Waals surface area contributed by atoms with E-state index < -0.39 is 0 Å². The first-order chi connectivity index (χ1) is 5.47. The first-order valence-corrected chi connectivity index (χ1v) is 3.71. The molecule has 1 aromatic rings. The van der Waals surface area contributed by atoms with E-state index in [4.69, 9.17) is 0 Å². The molecule has 0 radical (unpaired) electrons. The molecule has 2 rings (SSSR count). The second kappa shape index (κ2) is 2.76. The largest absolute Gasteiger partial charge is 0.321 e. The zero-order valence-corrected chi connectivity index (χ0v) is 6.17. The second-order valence-corrected chi connectivity index (χ2v) is 2.49. The van der Waals surface area contributed by atoms with Gasteiger partial charge in [-0.3, -0.25) is 0 Å². The third kappa shape index (κ3) is 1.25. The smallest absolute Gasteiger partial charge is 0.0533 e. The number of nitrogens with one attached hydrogen (secondary N) is 2. The summed E-state index contributed by atoms with van der Waals surface area (Å²) < 4.78 is 0. The molecule has 56 valence electrons. The Balaban J connectivity index is 2.29. The van der Waals surface area contributed by atoms with Gasteiger partial charge in [-0.05, 0) is 11.6 Å². The van der Waals surface area contributed by atoms with E-state index in [9.17, 15) is 0 Å². The van der Waals surface area contributed by atoms with Crippen molar-refractivity contribution in [2.24, 2.45) is 0 Å². The lowest BCUT2D eigenvalue weighted by Gasteiger charge is -2.02. The molecule has 1 aliphatic heterocycles. The first kappa shape index (κ1) is 6.43. The molecule has 2 N–H and O–H groups in total. The molecule has 1 heterocycles. The summed E-state index contributed by atoms with van der Waals surface area (Å²) in [6.45, 7) is 0.907. The van der Waals surface area contributed by atoms with E-state index in [0.29, 0.717) is 0 Å². The van der Waals surface area contributed by atoms with Gasteiger partial charge >= 0.3 is 0 Å². The first-order valence-electron chi connectivity index (χ1n) is 3.71. The van der Waals surface area contributed by atoms with Crippen molar-refractivity contribution in [3.8, 4) is 0 Å². The van der Waals surface area contributed by atoms with Crippen molar-refractivity contribution in [1.29, 1.82) is 0 Å². The zero-order chi connectivity index (χ0) is 7.52. The Hall–Kier alpha value is -1.28. The fourth-order valence-corrected chi connectivity index (χ4v) is 1.16. The molecule has 0 amide bonds. The molecule has 11 heavy (non-hydrogen) atoms. The van der Waals surface area contributed by atoms with Crippen LogP contribution in [0.1, 0.15) is 5.56 Å². The van der Waals surface area contributed by atoms with Crippen molar-refractivity contribution in [2.45, 2.75) is 0 Å². The fraction of sp³-hybridized carbons (Fsp3) is 0.111. The van der Waals surface area contributed by atoms with Crippen molar-refractivity contribution in [3.63, 3.8) is 0 Å². The molecule has 0 spiro atoms. The lowest BCUT2D eigenvalue weighted by molar-refractivity contribution is 0.738. The summed E-state index contributed by atoms with van der Waals surface area (Å²) in [4.78, 5) is 0. The monoisotopic (exact) mass is 146 g/mol. The standard InChI is InChI=1S/C9H10N2/c1-2-4-8(5-3-1)9-6-7-10-11-9/h1-6,10-11H,7H2. The number of hydrogen-bond donors (Lipinski definition) is 2. The summed E-state index contributed by atoms with van der Waals surface area (Å²) in [5.74, 6) is 0. The van der Waals surface area contributed by atoms with E-state index >= 15 is 0 Å². The summed E-state index contributed by atoms with van der Waals surface area (Å²) >= 11 is 0. The lowest BCUT2D eigenvalue weighted by Crippen LogP contribution is -2.22. The molecule has 0 saturated heterocycles. The summed E-state index contributed by atoms with van der Waals surface area (Å²) in [6.07, 6.45) is 2.13. The maximum Gasteiger partial charge on any atom is 0.0533 e. The third-order valence-electron chi connectivity index (χ3n) is 1.72. The van der Waals surface area contributed by atoms with Crippen LogP contribution in [0.5, 0.6) is 0 Å². The van der Waals surface area contributed by atoms with Crippen LogP contribution in [-0.2, 0) is 0 Å². The van der Waals surface area contributed by atoms with Crippen LogP contribution in [0.4, 0.5) is 0 Å². The molecule has 1 aliphatic rings. The average molecular weight is 146 g/mol. The molecule has 0 aliphatic carbocycles. The molecule has 0 bridgehead atoms. The molecule has 2 nitrogen and oxygen atoms in total. The minimum Gasteiger partial charge on any atom is -0.321 e. The minimum absolute atomic E-state index is 0.907. The summed E-state index contributed by atoms with van der Waals surface area (Å²) in [5.41, 5.74) is 8.52. The molecule has 0 aromatic heterocycles. The van der Waals surface area contributed by atoms with Crippen LogP contribution in [0.3, 0.4) is 0 Å². The fourth-order valence-electron chi connectivity index (χ4n) is 1.16. The number of benzene rings is 1. The Bertz CT molecular complexity index is 264. The highest BCUT2D eigenvalue weighted by Crippen LogP contribution is 2.11. The van der Waals surface area contributed by atoms with Gasteiger partial charge in [0, 0.05) is 6.54 Å². The molecule has 0 fully saturated rings. The molecular formula is C9H10N2. The van der Waals surface area contributed by atoms with Crippen molar-refractivity contribution < 1.29 is 0 Å². The SMILES string of the molecule is C1=C(c2ccccc2)NNC1. The van der Waals surface area contributed by atoms with Crippen LogP contribution in [0.25, 0.3) is 5.70 Å². The van der Waals surface area contributed by atoms with E-state index in [1.807, 2.05) is 18.2 Å². The highest BCUT2D eigenvalue weighted by Gasteiger charge is 2.02. The normalized spacial score (nSPS) is 15.8. The quantitative estimate of drug-likeness (QED) is 0.620.